The second kappa shape index (κ2) is 7.72. The van der Waals surface area contributed by atoms with Crippen molar-refractivity contribution in [2.24, 2.45) is 0 Å². The Hall–Kier alpha value is -3.23. The van der Waals surface area contributed by atoms with Crippen LogP contribution in [-0.4, -0.2) is 48.9 Å². The molecule has 4 aromatic rings. The Balaban J connectivity index is 1.57. The lowest BCUT2D eigenvalue weighted by Gasteiger charge is -2.17. The Labute approximate surface area is 186 Å². The zero-order valence-electron chi connectivity index (χ0n) is 17.8. The number of methoxy groups -OCH3 is 1. The van der Waals surface area contributed by atoms with Crippen LogP contribution in [0.2, 0.25) is 0 Å². The number of carbonyl (C=O) groups is 1. The summed E-state index contributed by atoms with van der Waals surface area (Å²) in [4.78, 5) is 20.6. The minimum absolute atomic E-state index is 0.143. The summed E-state index contributed by atoms with van der Waals surface area (Å²) in [5.74, 6) is -0.657. The first-order chi connectivity index (χ1) is 15.4. The number of aryl methyl sites for hydroxylation is 1. The van der Waals surface area contributed by atoms with Crippen molar-refractivity contribution in [2.45, 2.75) is 24.2 Å². The van der Waals surface area contributed by atoms with Crippen molar-refractivity contribution in [3.05, 3.63) is 71.5 Å². The van der Waals surface area contributed by atoms with Gasteiger partial charge in [0.1, 0.15) is 5.69 Å². The van der Waals surface area contributed by atoms with Crippen LogP contribution in [0.4, 0.5) is 0 Å². The van der Waals surface area contributed by atoms with Crippen LogP contribution in [0, 0.1) is 6.92 Å². The lowest BCUT2D eigenvalue weighted by molar-refractivity contribution is 0.0594. The number of esters is 1. The molecule has 0 saturated carbocycles. The van der Waals surface area contributed by atoms with E-state index < -0.39 is 16.0 Å². The smallest absolute Gasteiger partial charge is 0.356 e. The fourth-order valence-electron chi connectivity index (χ4n) is 4.40. The first-order valence-electron chi connectivity index (χ1n) is 10.4. The normalized spacial score (nSPS) is 17.2. The van der Waals surface area contributed by atoms with Crippen molar-refractivity contribution in [1.82, 2.24) is 14.3 Å². The van der Waals surface area contributed by atoms with Gasteiger partial charge in [-0.3, -0.25) is 0 Å². The van der Waals surface area contributed by atoms with Gasteiger partial charge in [-0.1, -0.05) is 35.9 Å². The van der Waals surface area contributed by atoms with Gasteiger partial charge in [0.05, 0.1) is 23.2 Å². The van der Waals surface area contributed by atoms with Gasteiger partial charge in [-0.05, 0) is 37.6 Å². The number of aromatic amines is 1. The Kier molecular flexibility index (Phi) is 4.98. The minimum Gasteiger partial charge on any atom is -0.464 e. The number of nitrogens with zero attached hydrogens (tertiary/aromatic N) is 2. The third-order valence-electron chi connectivity index (χ3n) is 6.12. The van der Waals surface area contributed by atoms with Crippen LogP contribution in [0.3, 0.4) is 0 Å². The minimum atomic E-state index is -3.60. The van der Waals surface area contributed by atoms with Crippen molar-refractivity contribution in [2.75, 3.05) is 20.2 Å². The molecule has 0 amide bonds. The van der Waals surface area contributed by atoms with E-state index in [1.165, 1.54) is 11.4 Å². The average molecular weight is 450 g/mol. The molecule has 1 N–H and O–H groups in total. The number of pyridine rings is 1. The number of hydrogen-bond acceptors (Lipinski definition) is 5. The van der Waals surface area contributed by atoms with Crippen molar-refractivity contribution in [3.63, 3.8) is 0 Å². The summed E-state index contributed by atoms with van der Waals surface area (Å²) in [6.45, 7) is 2.62. The molecule has 1 atom stereocenters. The van der Waals surface area contributed by atoms with Gasteiger partial charge in [0.25, 0.3) is 0 Å². The Morgan fingerprint density at radius 2 is 1.88 bits per heavy atom. The number of benzene rings is 2. The summed E-state index contributed by atoms with van der Waals surface area (Å²) < 4.78 is 32.8. The maximum atomic E-state index is 13.2. The molecular weight excluding hydrogens is 426 g/mol. The number of hydrogen-bond donors (Lipinski definition) is 1. The molecule has 1 unspecified atom stereocenters. The monoisotopic (exact) mass is 449 g/mol. The van der Waals surface area contributed by atoms with E-state index in [2.05, 4.69) is 9.97 Å². The summed E-state index contributed by atoms with van der Waals surface area (Å²) in [6, 6.07) is 16.5. The number of sulfonamides is 1. The molecule has 1 fully saturated rings. The molecule has 0 aliphatic carbocycles. The predicted octanol–water partition coefficient (Wildman–Crippen LogP) is 3.99. The molecule has 0 spiro atoms. The van der Waals surface area contributed by atoms with Crippen LogP contribution in [0.25, 0.3) is 21.8 Å². The molecule has 5 rings (SSSR count). The molecular formula is C24H23N3O4S. The van der Waals surface area contributed by atoms with Gasteiger partial charge >= 0.3 is 5.97 Å². The van der Waals surface area contributed by atoms with Crippen molar-refractivity contribution in [1.29, 1.82) is 0 Å². The van der Waals surface area contributed by atoms with Gasteiger partial charge in [0, 0.05) is 35.3 Å². The third-order valence-corrected chi connectivity index (χ3v) is 7.99. The average Bonchev–Trinajstić information content (AvgIpc) is 3.44. The Morgan fingerprint density at radius 3 is 2.62 bits per heavy atom. The van der Waals surface area contributed by atoms with E-state index in [0.29, 0.717) is 25.2 Å². The molecule has 1 saturated heterocycles. The topological polar surface area (TPSA) is 92.4 Å². The third kappa shape index (κ3) is 3.36. The first kappa shape index (κ1) is 20.7. The number of para-hydroxylation sites is 1. The van der Waals surface area contributed by atoms with Gasteiger partial charge in [-0.25, -0.2) is 18.2 Å². The van der Waals surface area contributed by atoms with Crippen LogP contribution >= 0.6 is 0 Å². The highest BCUT2D eigenvalue weighted by Crippen LogP contribution is 2.36. The number of carbonyl (C=O) groups excluding carboxylic acids is 1. The van der Waals surface area contributed by atoms with Gasteiger partial charge in [0.15, 0.2) is 0 Å². The van der Waals surface area contributed by atoms with Gasteiger partial charge in [0.2, 0.25) is 10.0 Å². The highest BCUT2D eigenvalue weighted by atomic mass is 32.2. The number of ether oxygens (including phenoxy) is 1. The maximum absolute atomic E-state index is 13.2. The van der Waals surface area contributed by atoms with E-state index in [0.717, 1.165) is 27.4 Å². The summed E-state index contributed by atoms with van der Waals surface area (Å²) >= 11 is 0. The van der Waals surface area contributed by atoms with Gasteiger partial charge in [-0.2, -0.15) is 4.31 Å². The zero-order valence-corrected chi connectivity index (χ0v) is 18.6. The second-order valence-corrected chi connectivity index (χ2v) is 10.1. The molecule has 1 aliphatic heterocycles. The lowest BCUT2D eigenvalue weighted by Crippen LogP contribution is -2.28. The van der Waals surface area contributed by atoms with Crippen LogP contribution in [-0.2, 0) is 14.8 Å². The fourth-order valence-corrected chi connectivity index (χ4v) is 5.90. The molecule has 164 valence electrons. The quantitative estimate of drug-likeness (QED) is 0.476. The fraction of sp³-hybridized carbons (Fsp3) is 0.250. The summed E-state index contributed by atoms with van der Waals surface area (Å²) in [5, 5.41) is 1.87. The van der Waals surface area contributed by atoms with E-state index in [1.54, 1.807) is 30.3 Å². The molecule has 0 bridgehead atoms. The SMILES string of the molecule is COC(=O)c1cc2c([nH]c3ccccc32)c(C2CCN(S(=O)(=O)c3ccc(C)cc3)C2)n1. The van der Waals surface area contributed by atoms with Crippen LogP contribution in [0.1, 0.15) is 34.1 Å². The molecule has 2 aromatic carbocycles. The predicted molar refractivity (Wildman–Crippen MR) is 122 cm³/mol. The van der Waals surface area contributed by atoms with E-state index in [9.17, 15) is 13.2 Å². The van der Waals surface area contributed by atoms with E-state index >= 15 is 0 Å². The molecule has 2 aromatic heterocycles. The Morgan fingerprint density at radius 1 is 1.12 bits per heavy atom. The molecule has 0 radical (unpaired) electrons. The van der Waals surface area contributed by atoms with E-state index in [4.69, 9.17) is 4.74 Å². The first-order valence-corrected chi connectivity index (χ1v) is 11.9. The van der Waals surface area contributed by atoms with Crippen molar-refractivity contribution < 1.29 is 17.9 Å². The van der Waals surface area contributed by atoms with Crippen molar-refractivity contribution >= 4 is 37.8 Å². The van der Waals surface area contributed by atoms with Crippen LogP contribution < -0.4 is 0 Å². The van der Waals surface area contributed by atoms with Crippen molar-refractivity contribution in [3.8, 4) is 0 Å². The number of aromatic nitrogens is 2. The number of rotatable bonds is 4. The molecule has 3 heterocycles. The Bertz CT molecular complexity index is 1440. The van der Waals surface area contributed by atoms with E-state index in [-0.39, 0.29) is 16.5 Å². The van der Waals surface area contributed by atoms with Crippen LogP contribution in [0.5, 0.6) is 0 Å². The van der Waals surface area contributed by atoms with Gasteiger partial charge < -0.3 is 9.72 Å². The zero-order chi connectivity index (χ0) is 22.5. The van der Waals surface area contributed by atoms with Crippen LogP contribution in [0.15, 0.2) is 59.5 Å². The molecule has 8 heteroatoms. The number of nitrogens with one attached hydrogen (secondary N) is 1. The lowest BCUT2D eigenvalue weighted by atomic mass is 10.0. The largest absolute Gasteiger partial charge is 0.464 e. The molecule has 1 aliphatic rings. The standard InChI is InChI=1S/C24H23N3O4S/c1-15-7-9-17(10-8-15)32(29,30)27-12-11-16(14-27)22-23-19(13-21(26-22)24(28)31-2)18-5-3-4-6-20(18)25-23/h3-10,13,16,25H,11-12,14H2,1-2H3. The van der Waals surface area contributed by atoms with E-state index in [1.807, 2.05) is 31.2 Å². The van der Waals surface area contributed by atoms with Gasteiger partial charge in [-0.15, -0.1) is 0 Å². The number of fused-ring (bicyclic) bond motifs is 3. The maximum Gasteiger partial charge on any atom is 0.356 e. The second-order valence-electron chi connectivity index (χ2n) is 8.14. The number of H-pyrrole nitrogens is 1. The summed E-state index contributed by atoms with van der Waals surface area (Å²) in [5.41, 5.74) is 3.70. The summed E-state index contributed by atoms with van der Waals surface area (Å²) in [7, 11) is -2.27. The highest BCUT2D eigenvalue weighted by molar-refractivity contribution is 7.89. The highest BCUT2D eigenvalue weighted by Gasteiger charge is 2.35. The summed E-state index contributed by atoms with van der Waals surface area (Å²) in [6.07, 6.45) is 0.618. The molecule has 32 heavy (non-hydrogen) atoms. The molecule has 7 nitrogen and oxygen atoms in total.